The highest BCUT2D eigenvalue weighted by atomic mass is 35.5. The van der Waals surface area contributed by atoms with E-state index in [1.807, 2.05) is 55.7 Å². The van der Waals surface area contributed by atoms with Gasteiger partial charge >= 0.3 is 0 Å². The van der Waals surface area contributed by atoms with E-state index >= 15 is 0 Å². The molecule has 2 heterocycles. The Bertz CT molecular complexity index is 890. The standard InChI is InChI=1S/C19H19ClN2OS/c1-4-12(2)22(3)19(23)16-11-17-14(9-10-24-17)18(21-16)13-7-5-6-8-15(13)20/h5-12H,4H2,1-3H3. The van der Waals surface area contributed by atoms with Crippen molar-refractivity contribution in [2.75, 3.05) is 7.05 Å². The third-order valence-corrected chi connectivity index (χ3v) is 5.56. The van der Waals surface area contributed by atoms with Crippen LogP contribution in [0.2, 0.25) is 5.02 Å². The lowest BCUT2D eigenvalue weighted by molar-refractivity contribution is 0.0735. The summed E-state index contributed by atoms with van der Waals surface area (Å²) in [6.07, 6.45) is 0.904. The van der Waals surface area contributed by atoms with E-state index in [1.54, 1.807) is 16.2 Å². The van der Waals surface area contributed by atoms with Crippen LogP contribution in [0.5, 0.6) is 0 Å². The summed E-state index contributed by atoms with van der Waals surface area (Å²) < 4.78 is 1.04. The predicted octanol–water partition coefficient (Wildman–Crippen LogP) is 5.49. The van der Waals surface area contributed by atoms with Crippen LogP contribution in [0.3, 0.4) is 0 Å². The van der Waals surface area contributed by atoms with Crippen molar-refractivity contribution in [3.8, 4) is 11.3 Å². The number of pyridine rings is 1. The summed E-state index contributed by atoms with van der Waals surface area (Å²) >= 11 is 7.97. The normalized spacial score (nSPS) is 12.3. The van der Waals surface area contributed by atoms with Crippen molar-refractivity contribution in [2.24, 2.45) is 0 Å². The zero-order chi connectivity index (χ0) is 17.3. The van der Waals surface area contributed by atoms with Crippen molar-refractivity contribution in [1.29, 1.82) is 0 Å². The van der Waals surface area contributed by atoms with Crippen LogP contribution < -0.4 is 0 Å². The first-order valence-corrected chi connectivity index (χ1v) is 9.19. The van der Waals surface area contributed by atoms with Crippen molar-refractivity contribution in [1.82, 2.24) is 9.88 Å². The van der Waals surface area contributed by atoms with Gasteiger partial charge in [-0.3, -0.25) is 4.79 Å². The van der Waals surface area contributed by atoms with Gasteiger partial charge in [0, 0.05) is 33.8 Å². The van der Waals surface area contributed by atoms with Crippen molar-refractivity contribution >= 4 is 38.9 Å². The number of amides is 1. The minimum absolute atomic E-state index is 0.0621. The maximum Gasteiger partial charge on any atom is 0.272 e. The second-order valence-corrected chi connectivity index (χ2v) is 7.20. The first-order chi connectivity index (χ1) is 11.5. The Labute approximate surface area is 150 Å². The summed E-state index contributed by atoms with van der Waals surface area (Å²) in [5.74, 6) is -0.0621. The molecule has 5 heteroatoms. The number of benzene rings is 1. The molecule has 3 aromatic rings. The fraction of sp³-hybridized carbons (Fsp3) is 0.263. The van der Waals surface area contributed by atoms with Crippen LogP contribution in [0, 0.1) is 0 Å². The molecule has 0 aliphatic carbocycles. The average Bonchev–Trinajstić information content (AvgIpc) is 3.08. The quantitative estimate of drug-likeness (QED) is 0.618. The number of hydrogen-bond donors (Lipinski definition) is 0. The van der Waals surface area contributed by atoms with Gasteiger partial charge < -0.3 is 4.90 Å². The van der Waals surface area contributed by atoms with E-state index < -0.39 is 0 Å². The number of halogens is 1. The van der Waals surface area contributed by atoms with Crippen molar-refractivity contribution in [2.45, 2.75) is 26.3 Å². The lowest BCUT2D eigenvalue weighted by Gasteiger charge is -2.23. The molecule has 0 aliphatic rings. The number of fused-ring (bicyclic) bond motifs is 1. The molecule has 0 saturated carbocycles. The fourth-order valence-corrected chi connectivity index (χ4v) is 3.64. The van der Waals surface area contributed by atoms with E-state index in [0.29, 0.717) is 10.7 Å². The summed E-state index contributed by atoms with van der Waals surface area (Å²) in [4.78, 5) is 19.2. The molecule has 0 saturated heterocycles. The first-order valence-electron chi connectivity index (χ1n) is 7.93. The van der Waals surface area contributed by atoms with E-state index in [4.69, 9.17) is 11.6 Å². The molecule has 1 unspecified atom stereocenters. The SMILES string of the molecule is CCC(C)N(C)C(=O)c1cc2sccc2c(-c2ccccc2Cl)n1. The molecule has 1 aromatic carbocycles. The molecule has 0 aliphatic heterocycles. The Hall–Kier alpha value is -1.91. The highest BCUT2D eigenvalue weighted by Gasteiger charge is 2.20. The Morgan fingerprint density at radius 1 is 1.33 bits per heavy atom. The molecule has 3 rings (SSSR count). The van der Waals surface area contributed by atoms with Crippen LogP contribution in [0.15, 0.2) is 41.8 Å². The third kappa shape index (κ3) is 3.04. The molecule has 0 fully saturated rings. The highest BCUT2D eigenvalue weighted by Crippen LogP contribution is 2.34. The van der Waals surface area contributed by atoms with Crippen LogP contribution in [0.4, 0.5) is 0 Å². The maximum atomic E-state index is 12.8. The summed E-state index contributed by atoms with van der Waals surface area (Å²) in [6, 6.07) is 11.7. The number of rotatable bonds is 4. The third-order valence-electron chi connectivity index (χ3n) is 4.37. The molecule has 1 amide bonds. The second kappa shape index (κ2) is 6.91. The van der Waals surface area contributed by atoms with E-state index in [2.05, 4.69) is 11.9 Å². The number of carbonyl (C=O) groups excluding carboxylic acids is 1. The largest absolute Gasteiger partial charge is 0.338 e. The van der Waals surface area contributed by atoms with E-state index in [-0.39, 0.29) is 11.9 Å². The van der Waals surface area contributed by atoms with Crippen molar-refractivity contribution in [3.63, 3.8) is 0 Å². The Balaban J connectivity index is 2.15. The number of thiophene rings is 1. The van der Waals surface area contributed by atoms with Crippen LogP contribution in [0.25, 0.3) is 21.3 Å². The van der Waals surface area contributed by atoms with Gasteiger partial charge in [0.25, 0.3) is 5.91 Å². The molecular formula is C19H19ClN2OS. The number of nitrogens with zero attached hydrogens (tertiary/aromatic N) is 2. The van der Waals surface area contributed by atoms with Gasteiger partial charge in [0.05, 0.1) is 5.69 Å². The van der Waals surface area contributed by atoms with Gasteiger partial charge in [0.15, 0.2) is 0 Å². The highest BCUT2D eigenvalue weighted by molar-refractivity contribution is 7.17. The van der Waals surface area contributed by atoms with E-state index in [0.717, 1.165) is 27.8 Å². The van der Waals surface area contributed by atoms with Gasteiger partial charge in [-0.05, 0) is 36.9 Å². The Morgan fingerprint density at radius 2 is 2.08 bits per heavy atom. The smallest absolute Gasteiger partial charge is 0.272 e. The molecule has 0 radical (unpaired) electrons. The fourth-order valence-electron chi connectivity index (χ4n) is 2.59. The zero-order valence-corrected chi connectivity index (χ0v) is 15.5. The number of aromatic nitrogens is 1. The van der Waals surface area contributed by atoms with Crippen molar-refractivity contribution < 1.29 is 4.79 Å². The van der Waals surface area contributed by atoms with Gasteiger partial charge in [-0.1, -0.05) is 36.7 Å². The molecule has 124 valence electrons. The van der Waals surface area contributed by atoms with Gasteiger partial charge in [-0.2, -0.15) is 0 Å². The molecular weight excluding hydrogens is 340 g/mol. The average molecular weight is 359 g/mol. The van der Waals surface area contributed by atoms with Crippen LogP contribution >= 0.6 is 22.9 Å². The summed E-state index contributed by atoms with van der Waals surface area (Å²) in [7, 11) is 1.83. The molecule has 0 bridgehead atoms. The van der Waals surface area contributed by atoms with Gasteiger partial charge in [-0.15, -0.1) is 11.3 Å². The van der Waals surface area contributed by atoms with Gasteiger partial charge in [0.2, 0.25) is 0 Å². The zero-order valence-electron chi connectivity index (χ0n) is 13.9. The second-order valence-electron chi connectivity index (χ2n) is 5.84. The molecule has 2 aromatic heterocycles. The minimum Gasteiger partial charge on any atom is -0.338 e. The lowest BCUT2D eigenvalue weighted by Crippen LogP contribution is -2.35. The predicted molar refractivity (Wildman–Crippen MR) is 102 cm³/mol. The Kier molecular flexibility index (Phi) is 4.88. The molecule has 0 N–H and O–H groups in total. The molecule has 1 atom stereocenters. The van der Waals surface area contributed by atoms with Gasteiger partial charge in [-0.25, -0.2) is 4.98 Å². The summed E-state index contributed by atoms with van der Waals surface area (Å²) in [5, 5.41) is 3.67. The number of hydrogen-bond acceptors (Lipinski definition) is 3. The molecule has 0 spiro atoms. The molecule has 24 heavy (non-hydrogen) atoms. The first kappa shape index (κ1) is 16.9. The van der Waals surface area contributed by atoms with E-state index in [9.17, 15) is 4.79 Å². The molecule has 3 nitrogen and oxygen atoms in total. The monoisotopic (exact) mass is 358 g/mol. The van der Waals surface area contributed by atoms with Crippen LogP contribution in [-0.4, -0.2) is 28.9 Å². The topological polar surface area (TPSA) is 33.2 Å². The lowest BCUT2D eigenvalue weighted by atomic mass is 10.1. The maximum absolute atomic E-state index is 12.8. The van der Waals surface area contributed by atoms with Gasteiger partial charge in [0.1, 0.15) is 5.69 Å². The minimum atomic E-state index is -0.0621. The van der Waals surface area contributed by atoms with E-state index in [1.165, 1.54) is 0 Å². The summed E-state index contributed by atoms with van der Waals surface area (Å²) in [6.45, 7) is 4.11. The van der Waals surface area contributed by atoms with Crippen molar-refractivity contribution in [3.05, 3.63) is 52.5 Å². The van der Waals surface area contributed by atoms with Crippen LogP contribution in [0.1, 0.15) is 30.8 Å². The Morgan fingerprint density at radius 3 is 2.79 bits per heavy atom. The van der Waals surface area contributed by atoms with Crippen LogP contribution in [-0.2, 0) is 0 Å². The summed E-state index contributed by atoms with van der Waals surface area (Å²) in [5.41, 5.74) is 2.08. The number of carbonyl (C=O) groups is 1.